The molecule has 3 rings (SSSR count). The van der Waals surface area contributed by atoms with Crippen molar-refractivity contribution in [2.45, 2.75) is 38.5 Å². The number of unbranched alkanes of at least 4 members (excludes halogenated alkanes) is 2. The minimum atomic E-state index is -1.10. The summed E-state index contributed by atoms with van der Waals surface area (Å²) in [6, 6.07) is 16.2. The van der Waals surface area contributed by atoms with Crippen molar-refractivity contribution in [3.63, 3.8) is 0 Å². The summed E-state index contributed by atoms with van der Waals surface area (Å²) < 4.78 is 5.47. The molecular weight excluding hydrogens is 328 g/mol. The normalized spacial score (nSPS) is 13.7. The summed E-state index contributed by atoms with van der Waals surface area (Å²) in [7, 11) is 0. The van der Waals surface area contributed by atoms with Gasteiger partial charge in [-0.15, -0.1) is 0 Å². The Morgan fingerprint density at radius 1 is 1.00 bits per heavy atom. The van der Waals surface area contributed by atoms with Crippen LogP contribution in [0.2, 0.25) is 0 Å². The van der Waals surface area contributed by atoms with Crippen LogP contribution in [0.1, 0.15) is 49.7 Å². The average molecular weight is 352 g/mol. The van der Waals surface area contributed by atoms with Crippen molar-refractivity contribution in [3.8, 4) is 11.1 Å². The Kier molecular flexibility index (Phi) is 5.71. The van der Waals surface area contributed by atoms with Gasteiger partial charge in [0.1, 0.15) is 6.61 Å². The molecule has 4 heteroatoms. The average Bonchev–Trinajstić information content (AvgIpc) is 2.97. The topological polar surface area (TPSA) is 63.6 Å². The molecule has 0 heterocycles. The summed E-state index contributed by atoms with van der Waals surface area (Å²) in [5.74, 6) is -2.85. The standard InChI is InChI=1S/C22H24O4/c1-2-3-4-13-19(21(23)24)22(25)26-14-20-17-11-7-5-9-15(17)16-10-6-8-12-18(16)20/h5-12,19-20H,2-4,13-14H2,1H3,(H,23,24). The highest BCUT2D eigenvalue weighted by molar-refractivity contribution is 5.94. The number of hydrogen-bond donors (Lipinski definition) is 1. The van der Waals surface area contributed by atoms with Gasteiger partial charge in [-0.05, 0) is 28.7 Å². The van der Waals surface area contributed by atoms with Gasteiger partial charge >= 0.3 is 11.9 Å². The number of esters is 1. The fourth-order valence-corrected chi connectivity index (χ4v) is 3.65. The molecule has 26 heavy (non-hydrogen) atoms. The van der Waals surface area contributed by atoms with E-state index in [1.54, 1.807) is 0 Å². The molecule has 1 unspecified atom stereocenters. The lowest BCUT2D eigenvalue weighted by atomic mass is 9.97. The number of carboxylic acid groups (broad SMARTS) is 1. The Labute approximate surface area is 153 Å². The van der Waals surface area contributed by atoms with Crippen LogP contribution in [-0.2, 0) is 14.3 Å². The van der Waals surface area contributed by atoms with Crippen molar-refractivity contribution in [3.05, 3.63) is 59.7 Å². The van der Waals surface area contributed by atoms with Crippen molar-refractivity contribution in [2.75, 3.05) is 6.61 Å². The predicted molar refractivity (Wildman–Crippen MR) is 99.9 cm³/mol. The van der Waals surface area contributed by atoms with Gasteiger partial charge in [0.25, 0.3) is 0 Å². The monoisotopic (exact) mass is 352 g/mol. The van der Waals surface area contributed by atoms with Crippen LogP contribution in [0.3, 0.4) is 0 Å². The number of aliphatic carboxylic acids is 1. The highest BCUT2D eigenvalue weighted by Gasteiger charge is 2.32. The molecule has 0 bridgehead atoms. The molecule has 0 spiro atoms. The van der Waals surface area contributed by atoms with E-state index in [9.17, 15) is 14.7 Å². The summed E-state index contributed by atoms with van der Waals surface area (Å²) in [5.41, 5.74) is 4.56. The van der Waals surface area contributed by atoms with Gasteiger partial charge in [0, 0.05) is 5.92 Å². The van der Waals surface area contributed by atoms with Gasteiger partial charge in [0.15, 0.2) is 5.92 Å². The van der Waals surface area contributed by atoms with E-state index in [-0.39, 0.29) is 12.5 Å². The lowest BCUT2D eigenvalue weighted by molar-refractivity contribution is -0.159. The summed E-state index contributed by atoms with van der Waals surface area (Å²) >= 11 is 0. The Balaban J connectivity index is 1.73. The molecular formula is C22H24O4. The number of ether oxygens (including phenoxy) is 1. The van der Waals surface area contributed by atoms with Crippen LogP contribution in [0.15, 0.2) is 48.5 Å². The van der Waals surface area contributed by atoms with E-state index < -0.39 is 17.9 Å². The third kappa shape index (κ3) is 3.64. The molecule has 1 atom stereocenters. The first-order chi connectivity index (χ1) is 12.6. The van der Waals surface area contributed by atoms with E-state index in [4.69, 9.17) is 4.74 Å². The van der Waals surface area contributed by atoms with Crippen LogP contribution >= 0.6 is 0 Å². The smallest absolute Gasteiger partial charge is 0.320 e. The molecule has 0 saturated carbocycles. The maximum atomic E-state index is 12.4. The fraction of sp³-hybridized carbons (Fsp3) is 0.364. The number of carboxylic acids is 1. The first kappa shape index (κ1) is 18.2. The summed E-state index contributed by atoms with van der Waals surface area (Å²) in [4.78, 5) is 23.8. The molecule has 4 nitrogen and oxygen atoms in total. The van der Waals surface area contributed by atoms with Gasteiger partial charge in [0.2, 0.25) is 0 Å². The molecule has 2 aromatic rings. The number of fused-ring (bicyclic) bond motifs is 3. The highest BCUT2D eigenvalue weighted by Crippen LogP contribution is 2.44. The molecule has 0 fully saturated rings. The van der Waals surface area contributed by atoms with Gasteiger partial charge in [0.05, 0.1) is 0 Å². The molecule has 1 aliphatic rings. The van der Waals surface area contributed by atoms with Crippen LogP contribution in [0.25, 0.3) is 11.1 Å². The van der Waals surface area contributed by atoms with Gasteiger partial charge in [-0.3, -0.25) is 9.59 Å². The number of benzene rings is 2. The molecule has 1 N–H and O–H groups in total. The maximum absolute atomic E-state index is 12.4. The lowest BCUT2D eigenvalue weighted by Gasteiger charge is -2.16. The Morgan fingerprint density at radius 3 is 2.12 bits per heavy atom. The first-order valence-corrected chi connectivity index (χ1v) is 9.21. The van der Waals surface area contributed by atoms with E-state index in [0.717, 1.165) is 41.5 Å². The van der Waals surface area contributed by atoms with Gasteiger partial charge in [-0.25, -0.2) is 0 Å². The zero-order valence-corrected chi connectivity index (χ0v) is 15.0. The molecule has 0 aromatic heterocycles. The minimum absolute atomic E-state index is 0.0450. The number of carbonyl (C=O) groups excluding carboxylic acids is 1. The third-order valence-electron chi connectivity index (χ3n) is 5.03. The van der Waals surface area contributed by atoms with Gasteiger partial charge < -0.3 is 9.84 Å². The van der Waals surface area contributed by atoms with Crippen LogP contribution in [0, 0.1) is 5.92 Å². The Hall–Kier alpha value is -2.62. The third-order valence-corrected chi connectivity index (χ3v) is 5.03. The van der Waals surface area contributed by atoms with E-state index in [0.29, 0.717) is 6.42 Å². The zero-order valence-electron chi connectivity index (χ0n) is 15.0. The molecule has 0 aliphatic heterocycles. The van der Waals surface area contributed by atoms with Crippen molar-refractivity contribution in [1.82, 2.24) is 0 Å². The highest BCUT2D eigenvalue weighted by atomic mass is 16.5. The largest absolute Gasteiger partial charge is 0.481 e. The van der Waals surface area contributed by atoms with E-state index in [2.05, 4.69) is 12.1 Å². The van der Waals surface area contributed by atoms with Gasteiger partial charge in [-0.1, -0.05) is 74.7 Å². The maximum Gasteiger partial charge on any atom is 0.320 e. The van der Waals surface area contributed by atoms with Crippen molar-refractivity contribution in [1.29, 1.82) is 0 Å². The van der Waals surface area contributed by atoms with Gasteiger partial charge in [-0.2, -0.15) is 0 Å². The number of hydrogen-bond acceptors (Lipinski definition) is 3. The second-order valence-electron chi connectivity index (χ2n) is 6.74. The minimum Gasteiger partial charge on any atom is -0.481 e. The summed E-state index contributed by atoms with van der Waals surface area (Å²) in [5, 5.41) is 9.35. The fourth-order valence-electron chi connectivity index (χ4n) is 3.65. The Bertz CT molecular complexity index is 751. The summed E-state index contributed by atoms with van der Waals surface area (Å²) in [6.07, 6.45) is 2.95. The molecule has 136 valence electrons. The van der Waals surface area contributed by atoms with E-state index in [1.165, 1.54) is 0 Å². The predicted octanol–water partition coefficient (Wildman–Crippen LogP) is 4.62. The van der Waals surface area contributed by atoms with Crippen LogP contribution in [-0.4, -0.2) is 23.7 Å². The second kappa shape index (κ2) is 8.17. The van der Waals surface area contributed by atoms with E-state index in [1.807, 2.05) is 43.3 Å². The Morgan fingerprint density at radius 2 is 1.58 bits per heavy atom. The van der Waals surface area contributed by atoms with E-state index >= 15 is 0 Å². The molecule has 0 amide bonds. The zero-order chi connectivity index (χ0) is 18.5. The summed E-state index contributed by atoms with van der Waals surface area (Å²) in [6.45, 7) is 2.22. The van der Waals surface area contributed by atoms with Crippen LogP contribution < -0.4 is 0 Å². The molecule has 1 aliphatic carbocycles. The van der Waals surface area contributed by atoms with Crippen molar-refractivity contribution in [2.24, 2.45) is 5.92 Å². The van der Waals surface area contributed by atoms with Crippen LogP contribution in [0.4, 0.5) is 0 Å². The second-order valence-corrected chi connectivity index (χ2v) is 6.74. The number of carbonyl (C=O) groups is 2. The molecule has 0 saturated heterocycles. The van der Waals surface area contributed by atoms with Crippen LogP contribution in [0.5, 0.6) is 0 Å². The van der Waals surface area contributed by atoms with Crippen molar-refractivity contribution < 1.29 is 19.4 Å². The molecule has 2 aromatic carbocycles. The number of rotatable bonds is 8. The SMILES string of the molecule is CCCCCC(C(=O)O)C(=O)OCC1c2ccccc2-c2ccccc21. The lowest BCUT2D eigenvalue weighted by Crippen LogP contribution is -2.27. The quantitative estimate of drug-likeness (QED) is 0.428. The molecule has 0 radical (unpaired) electrons. The first-order valence-electron chi connectivity index (χ1n) is 9.21. The van der Waals surface area contributed by atoms with Crippen molar-refractivity contribution >= 4 is 11.9 Å².